The van der Waals surface area contributed by atoms with Crippen LogP contribution in [0.1, 0.15) is 22.5 Å². The number of hydrogen-bond acceptors (Lipinski definition) is 2. The Kier molecular flexibility index (Phi) is 4.69. The largest absolute Gasteiger partial charge is 0.323 e. The Bertz CT molecular complexity index is 819. The van der Waals surface area contributed by atoms with Crippen LogP contribution >= 0.6 is 11.6 Å². The Balaban J connectivity index is 2.07. The minimum Gasteiger partial charge on any atom is -0.323 e. The Morgan fingerprint density at radius 1 is 1.09 bits per heavy atom. The summed E-state index contributed by atoms with van der Waals surface area (Å²) in [4.78, 5) is 4.86. The number of aryl methyl sites for hydroxylation is 2. The van der Waals surface area contributed by atoms with E-state index >= 15 is 0 Å². The molecule has 0 unspecified atom stereocenters. The lowest BCUT2D eigenvalue weighted by molar-refractivity contribution is 0.696. The molecule has 0 radical (unpaired) electrons. The van der Waals surface area contributed by atoms with Crippen molar-refractivity contribution in [1.29, 1.82) is 0 Å². The smallest absolute Gasteiger partial charge is 0.111 e. The highest BCUT2D eigenvalue weighted by atomic mass is 35.5. The van der Waals surface area contributed by atoms with E-state index in [1.807, 2.05) is 19.2 Å². The van der Waals surface area contributed by atoms with E-state index in [9.17, 15) is 0 Å². The summed E-state index contributed by atoms with van der Waals surface area (Å²) in [6.07, 6.45) is 0.914. The zero-order chi connectivity index (χ0) is 16.4. The lowest BCUT2D eigenvalue weighted by atomic mass is 10.1. The van der Waals surface area contributed by atoms with E-state index in [4.69, 9.17) is 16.6 Å². The molecule has 0 fully saturated rings. The van der Waals surface area contributed by atoms with Crippen molar-refractivity contribution in [2.75, 3.05) is 13.6 Å². The predicted molar refractivity (Wildman–Crippen MR) is 97.4 cm³/mol. The van der Waals surface area contributed by atoms with Crippen LogP contribution in [0.3, 0.4) is 0 Å². The van der Waals surface area contributed by atoms with Crippen molar-refractivity contribution in [1.82, 2.24) is 14.9 Å². The highest BCUT2D eigenvalue weighted by molar-refractivity contribution is 6.30. The maximum absolute atomic E-state index is 6.00. The van der Waals surface area contributed by atoms with E-state index in [0.29, 0.717) is 0 Å². The van der Waals surface area contributed by atoms with Crippen LogP contribution in [0.2, 0.25) is 5.02 Å². The Labute approximate surface area is 142 Å². The maximum Gasteiger partial charge on any atom is 0.111 e. The summed E-state index contributed by atoms with van der Waals surface area (Å²) in [5.41, 5.74) is 6.10. The van der Waals surface area contributed by atoms with Crippen molar-refractivity contribution in [2.24, 2.45) is 0 Å². The van der Waals surface area contributed by atoms with Crippen LogP contribution in [0, 0.1) is 13.8 Å². The minimum atomic E-state index is 0.770. The van der Waals surface area contributed by atoms with E-state index in [1.165, 1.54) is 22.2 Å². The van der Waals surface area contributed by atoms with Crippen LogP contribution in [0.15, 0.2) is 36.4 Å². The van der Waals surface area contributed by atoms with Gasteiger partial charge in [0, 0.05) is 24.5 Å². The van der Waals surface area contributed by atoms with Gasteiger partial charge in [-0.15, -0.1) is 0 Å². The summed E-state index contributed by atoms with van der Waals surface area (Å²) in [5.74, 6) is 1.12. The van der Waals surface area contributed by atoms with Crippen LogP contribution in [-0.2, 0) is 13.0 Å². The average molecular weight is 328 g/mol. The summed E-state index contributed by atoms with van der Waals surface area (Å²) in [5, 5.41) is 3.98. The number of fused-ring (bicyclic) bond motifs is 1. The second-order valence-corrected chi connectivity index (χ2v) is 6.46. The highest BCUT2D eigenvalue weighted by Gasteiger charge is 2.12. The van der Waals surface area contributed by atoms with Crippen molar-refractivity contribution in [2.45, 2.75) is 26.8 Å². The van der Waals surface area contributed by atoms with Gasteiger partial charge in [-0.2, -0.15) is 0 Å². The molecule has 3 rings (SSSR count). The van der Waals surface area contributed by atoms with Crippen molar-refractivity contribution in [3.05, 3.63) is 63.9 Å². The molecule has 0 aliphatic heterocycles. The molecule has 1 N–H and O–H groups in total. The van der Waals surface area contributed by atoms with Gasteiger partial charge in [-0.05, 0) is 61.9 Å². The van der Waals surface area contributed by atoms with Gasteiger partial charge in [0.05, 0.1) is 11.0 Å². The average Bonchev–Trinajstić information content (AvgIpc) is 2.85. The molecule has 23 heavy (non-hydrogen) atoms. The third-order valence-electron chi connectivity index (χ3n) is 4.30. The normalized spacial score (nSPS) is 11.3. The van der Waals surface area contributed by atoms with Gasteiger partial charge in [0.2, 0.25) is 0 Å². The first-order chi connectivity index (χ1) is 11.1. The van der Waals surface area contributed by atoms with Gasteiger partial charge in [-0.1, -0.05) is 23.7 Å². The van der Waals surface area contributed by atoms with E-state index in [1.54, 1.807) is 0 Å². The van der Waals surface area contributed by atoms with Gasteiger partial charge in [-0.25, -0.2) is 4.98 Å². The number of nitrogens with one attached hydrogen (secondary N) is 1. The molecule has 0 atom stereocenters. The summed E-state index contributed by atoms with van der Waals surface area (Å²) in [6, 6.07) is 12.5. The number of imidazole rings is 1. The second kappa shape index (κ2) is 6.73. The first-order valence-electron chi connectivity index (χ1n) is 7.94. The Morgan fingerprint density at radius 2 is 1.78 bits per heavy atom. The van der Waals surface area contributed by atoms with E-state index < -0.39 is 0 Å². The van der Waals surface area contributed by atoms with Crippen molar-refractivity contribution < 1.29 is 0 Å². The molecule has 120 valence electrons. The maximum atomic E-state index is 6.00. The number of aromatic nitrogens is 2. The molecule has 3 aromatic rings. The molecule has 0 saturated heterocycles. The predicted octanol–water partition coefficient (Wildman–Crippen LogP) is 4.12. The van der Waals surface area contributed by atoms with Crippen LogP contribution in [0.5, 0.6) is 0 Å². The molecule has 0 aliphatic carbocycles. The lowest BCUT2D eigenvalue weighted by Gasteiger charge is -2.10. The molecule has 0 bridgehead atoms. The fourth-order valence-corrected chi connectivity index (χ4v) is 2.93. The van der Waals surface area contributed by atoms with Gasteiger partial charge in [0.25, 0.3) is 0 Å². The van der Waals surface area contributed by atoms with Gasteiger partial charge in [0.15, 0.2) is 0 Å². The summed E-state index contributed by atoms with van der Waals surface area (Å²) < 4.78 is 2.32. The van der Waals surface area contributed by atoms with Crippen LogP contribution in [-0.4, -0.2) is 23.1 Å². The van der Waals surface area contributed by atoms with Crippen LogP contribution in [0.25, 0.3) is 11.0 Å². The number of halogens is 1. The SMILES string of the molecule is CNCCc1nc2cc(C)c(C)cc2n1Cc1ccc(Cl)cc1. The molecule has 4 heteroatoms. The molecule has 0 amide bonds. The first kappa shape index (κ1) is 16.0. The van der Waals surface area contributed by atoms with E-state index in [0.717, 1.165) is 35.9 Å². The standard InChI is InChI=1S/C19H22ClN3/c1-13-10-17-18(11-14(13)2)23(19(22-17)8-9-21-3)12-15-4-6-16(20)7-5-15/h4-7,10-11,21H,8-9,12H2,1-3H3. The summed E-state index contributed by atoms with van der Waals surface area (Å²) in [7, 11) is 1.97. The van der Waals surface area contributed by atoms with Gasteiger partial charge >= 0.3 is 0 Å². The molecule has 0 aliphatic rings. The van der Waals surface area contributed by atoms with E-state index in [-0.39, 0.29) is 0 Å². The van der Waals surface area contributed by atoms with Crippen LogP contribution < -0.4 is 5.32 Å². The molecule has 1 heterocycles. The van der Waals surface area contributed by atoms with Gasteiger partial charge < -0.3 is 9.88 Å². The zero-order valence-electron chi connectivity index (χ0n) is 13.9. The van der Waals surface area contributed by atoms with Gasteiger partial charge in [-0.3, -0.25) is 0 Å². The fraction of sp³-hybridized carbons (Fsp3) is 0.316. The Hall–Kier alpha value is -1.84. The molecular weight excluding hydrogens is 306 g/mol. The Morgan fingerprint density at radius 3 is 2.48 bits per heavy atom. The molecular formula is C19H22ClN3. The summed E-state index contributed by atoms with van der Waals surface area (Å²) >= 11 is 6.00. The van der Waals surface area contributed by atoms with Crippen molar-refractivity contribution in [3.63, 3.8) is 0 Å². The molecule has 1 aromatic heterocycles. The fourth-order valence-electron chi connectivity index (χ4n) is 2.81. The topological polar surface area (TPSA) is 29.9 Å². The van der Waals surface area contributed by atoms with E-state index in [2.05, 4.69) is 48.0 Å². The number of likely N-dealkylation sites (N-methyl/N-ethyl adjacent to an activating group) is 1. The van der Waals surface area contributed by atoms with Crippen LogP contribution in [0.4, 0.5) is 0 Å². The number of benzene rings is 2. The molecule has 0 spiro atoms. The quantitative estimate of drug-likeness (QED) is 0.764. The monoisotopic (exact) mass is 327 g/mol. The number of nitrogens with zero attached hydrogens (tertiary/aromatic N) is 2. The second-order valence-electron chi connectivity index (χ2n) is 6.02. The summed E-state index contributed by atoms with van der Waals surface area (Å²) in [6.45, 7) is 6.03. The minimum absolute atomic E-state index is 0.770. The number of hydrogen-bond donors (Lipinski definition) is 1. The third kappa shape index (κ3) is 3.41. The number of rotatable bonds is 5. The molecule has 2 aromatic carbocycles. The van der Waals surface area contributed by atoms with Crippen molar-refractivity contribution in [3.8, 4) is 0 Å². The lowest BCUT2D eigenvalue weighted by Crippen LogP contribution is -2.14. The first-order valence-corrected chi connectivity index (χ1v) is 8.31. The molecule has 3 nitrogen and oxygen atoms in total. The van der Waals surface area contributed by atoms with Gasteiger partial charge in [0.1, 0.15) is 5.82 Å². The zero-order valence-corrected chi connectivity index (χ0v) is 14.6. The highest BCUT2D eigenvalue weighted by Crippen LogP contribution is 2.23. The third-order valence-corrected chi connectivity index (χ3v) is 4.55. The van der Waals surface area contributed by atoms with Crippen molar-refractivity contribution >= 4 is 22.6 Å². The molecule has 0 saturated carbocycles.